The molecule has 0 saturated heterocycles. The highest BCUT2D eigenvalue weighted by molar-refractivity contribution is 9.10. The smallest absolute Gasteiger partial charge is 0.107 e. The molecule has 18 heavy (non-hydrogen) atoms. The number of benzene rings is 1. The molecule has 0 amide bonds. The average Bonchev–Trinajstić information content (AvgIpc) is 2.64. The van der Waals surface area contributed by atoms with Gasteiger partial charge in [-0.3, -0.25) is 0 Å². The van der Waals surface area contributed by atoms with Crippen LogP contribution in [0.25, 0.3) is 0 Å². The molecule has 0 bridgehead atoms. The predicted molar refractivity (Wildman–Crippen MR) is 83.6 cm³/mol. The van der Waals surface area contributed by atoms with Crippen LogP contribution in [-0.4, -0.2) is 0 Å². The molecule has 1 atom stereocenters. The van der Waals surface area contributed by atoms with Crippen molar-refractivity contribution in [3.63, 3.8) is 0 Å². The summed E-state index contributed by atoms with van der Waals surface area (Å²) in [7, 11) is 0. The zero-order valence-electron chi connectivity index (χ0n) is 10.3. The van der Waals surface area contributed by atoms with Gasteiger partial charge < -0.3 is 5.73 Å². The van der Waals surface area contributed by atoms with Gasteiger partial charge in [-0.1, -0.05) is 35.4 Å². The molecule has 4 heteroatoms. The first-order chi connectivity index (χ1) is 8.47. The molecule has 2 N–H and O–H groups in total. The summed E-state index contributed by atoms with van der Waals surface area (Å²) in [6, 6.07) is 8.50. The van der Waals surface area contributed by atoms with Gasteiger partial charge in [0.25, 0.3) is 0 Å². The van der Waals surface area contributed by atoms with Gasteiger partial charge in [0, 0.05) is 15.4 Å². The fourth-order valence-corrected chi connectivity index (χ4v) is 3.64. The molecule has 1 aromatic carbocycles. The second-order valence-electron chi connectivity index (χ2n) is 4.51. The zero-order chi connectivity index (χ0) is 13.3. The van der Waals surface area contributed by atoms with E-state index in [0.717, 1.165) is 20.1 Å². The topological polar surface area (TPSA) is 26.0 Å². The molecule has 2 rings (SSSR count). The van der Waals surface area contributed by atoms with Gasteiger partial charge in [0.2, 0.25) is 0 Å². The lowest BCUT2D eigenvalue weighted by atomic mass is 9.99. The predicted octanol–water partition coefficient (Wildman–Crippen LogP) is 5.02. The Bertz CT molecular complexity index is 545. The van der Waals surface area contributed by atoms with E-state index in [1.165, 1.54) is 16.7 Å². The molecule has 0 saturated carbocycles. The molecule has 0 spiro atoms. The molecule has 0 aliphatic rings. The summed E-state index contributed by atoms with van der Waals surface area (Å²) < 4.78 is 1.70. The van der Waals surface area contributed by atoms with Crippen molar-refractivity contribution < 1.29 is 0 Å². The van der Waals surface area contributed by atoms with E-state index in [-0.39, 0.29) is 6.04 Å². The van der Waals surface area contributed by atoms with E-state index in [9.17, 15) is 0 Å². The highest BCUT2D eigenvalue weighted by atomic mass is 79.9. The van der Waals surface area contributed by atoms with Crippen molar-refractivity contribution in [2.24, 2.45) is 5.73 Å². The van der Waals surface area contributed by atoms with Gasteiger partial charge >= 0.3 is 0 Å². The Balaban J connectivity index is 2.20. The van der Waals surface area contributed by atoms with E-state index < -0.39 is 0 Å². The molecular weight excluding hydrogens is 330 g/mol. The van der Waals surface area contributed by atoms with E-state index in [1.54, 1.807) is 11.3 Å². The largest absolute Gasteiger partial charge is 0.323 e. The summed E-state index contributed by atoms with van der Waals surface area (Å²) in [5.74, 6) is 0. The van der Waals surface area contributed by atoms with E-state index in [0.29, 0.717) is 0 Å². The van der Waals surface area contributed by atoms with Crippen LogP contribution in [0, 0.1) is 13.8 Å². The number of aryl methyl sites for hydroxylation is 2. The van der Waals surface area contributed by atoms with Crippen molar-refractivity contribution in [2.45, 2.75) is 26.3 Å². The van der Waals surface area contributed by atoms with Gasteiger partial charge in [-0.25, -0.2) is 0 Å². The van der Waals surface area contributed by atoms with Gasteiger partial charge in [-0.2, -0.15) is 0 Å². The van der Waals surface area contributed by atoms with Crippen molar-refractivity contribution in [1.29, 1.82) is 0 Å². The third-order valence-electron chi connectivity index (χ3n) is 2.97. The molecule has 2 aromatic rings. The van der Waals surface area contributed by atoms with E-state index in [1.807, 2.05) is 6.07 Å². The molecule has 0 aliphatic carbocycles. The number of thiophene rings is 1. The van der Waals surface area contributed by atoms with E-state index >= 15 is 0 Å². The number of nitrogens with two attached hydrogens (primary N) is 1. The Kier molecular flexibility index (Phi) is 4.49. The SMILES string of the molecule is Cc1ccc(C)c(CC(N)c2cc(Br)c(Cl)s2)c1. The van der Waals surface area contributed by atoms with Crippen LogP contribution < -0.4 is 5.73 Å². The first-order valence-corrected chi connectivity index (χ1v) is 7.72. The number of hydrogen-bond donors (Lipinski definition) is 1. The number of rotatable bonds is 3. The molecule has 96 valence electrons. The fourth-order valence-electron chi connectivity index (χ4n) is 1.90. The molecule has 0 radical (unpaired) electrons. The minimum atomic E-state index is -0.000648. The van der Waals surface area contributed by atoms with Crippen LogP contribution in [0.15, 0.2) is 28.7 Å². The number of hydrogen-bond acceptors (Lipinski definition) is 2. The van der Waals surface area contributed by atoms with Gasteiger partial charge in [-0.15, -0.1) is 11.3 Å². The van der Waals surface area contributed by atoms with Crippen LogP contribution in [-0.2, 0) is 6.42 Å². The van der Waals surface area contributed by atoms with E-state index in [2.05, 4.69) is 48.0 Å². The van der Waals surface area contributed by atoms with Crippen molar-refractivity contribution in [3.05, 3.63) is 54.6 Å². The maximum absolute atomic E-state index is 6.26. The summed E-state index contributed by atoms with van der Waals surface area (Å²) in [6.45, 7) is 4.23. The standard InChI is InChI=1S/C14H15BrClNS/c1-8-3-4-9(2)10(5-8)6-12(17)13-7-11(15)14(16)18-13/h3-5,7,12H,6,17H2,1-2H3. The van der Waals surface area contributed by atoms with Gasteiger partial charge in [0.05, 0.1) is 0 Å². The molecule has 1 aromatic heterocycles. The van der Waals surface area contributed by atoms with Crippen molar-refractivity contribution in [1.82, 2.24) is 0 Å². The van der Waals surface area contributed by atoms with Gasteiger partial charge in [0.15, 0.2) is 0 Å². The van der Waals surface area contributed by atoms with Crippen LogP contribution in [0.2, 0.25) is 4.34 Å². The average molecular weight is 345 g/mol. The summed E-state index contributed by atoms with van der Waals surface area (Å²) in [6.07, 6.45) is 0.844. The summed E-state index contributed by atoms with van der Waals surface area (Å²) in [4.78, 5) is 1.12. The minimum absolute atomic E-state index is 0.000648. The zero-order valence-corrected chi connectivity index (χ0v) is 13.5. The fraction of sp³-hybridized carbons (Fsp3) is 0.286. The maximum Gasteiger partial charge on any atom is 0.107 e. The van der Waals surface area contributed by atoms with Crippen LogP contribution >= 0.6 is 38.9 Å². The van der Waals surface area contributed by atoms with Crippen molar-refractivity contribution in [2.75, 3.05) is 0 Å². The number of halogens is 2. The molecule has 1 heterocycles. The van der Waals surface area contributed by atoms with Gasteiger partial charge in [-0.05, 0) is 53.4 Å². The second kappa shape index (κ2) is 5.74. The molecule has 0 fully saturated rings. The lowest BCUT2D eigenvalue weighted by Gasteiger charge is -2.12. The molecular formula is C14H15BrClNS. The van der Waals surface area contributed by atoms with Crippen LogP contribution in [0.4, 0.5) is 0 Å². The van der Waals surface area contributed by atoms with Crippen LogP contribution in [0.3, 0.4) is 0 Å². The molecule has 1 nitrogen and oxygen atoms in total. The summed E-state index contributed by atoms with van der Waals surface area (Å²) in [5, 5.41) is 0. The molecule has 0 aliphatic heterocycles. The highest BCUT2D eigenvalue weighted by Crippen LogP contribution is 2.35. The first-order valence-electron chi connectivity index (χ1n) is 5.74. The normalized spacial score (nSPS) is 12.7. The Morgan fingerprint density at radius 1 is 1.33 bits per heavy atom. The Morgan fingerprint density at radius 3 is 2.67 bits per heavy atom. The Hall–Kier alpha value is -0.350. The Morgan fingerprint density at radius 2 is 2.06 bits per heavy atom. The summed E-state index contributed by atoms with van der Waals surface area (Å²) in [5.41, 5.74) is 10.1. The highest BCUT2D eigenvalue weighted by Gasteiger charge is 2.13. The summed E-state index contributed by atoms with van der Waals surface area (Å²) >= 11 is 11.0. The van der Waals surface area contributed by atoms with E-state index in [4.69, 9.17) is 17.3 Å². The lowest BCUT2D eigenvalue weighted by molar-refractivity contribution is 0.732. The molecule has 1 unspecified atom stereocenters. The second-order valence-corrected chi connectivity index (χ2v) is 7.05. The van der Waals surface area contributed by atoms with Crippen molar-refractivity contribution in [3.8, 4) is 0 Å². The minimum Gasteiger partial charge on any atom is -0.323 e. The maximum atomic E-state index is 6.26. The Labute approximate surface area is 125 Å². The third kappa shape index (κ3) is 3.15. The lowest BCUT2D eigenvalue weighted by Crippen LogP contribution is -2.12. The van der Waals surface area contributed by atoms with Gasteiger partial charge in [0.1, 0.15) is 4.34 Å². The first kappa shape index (κ1) is 14.1. The van der Waals surface area contributed by atoms with Crippen molar-refractivity contribution >= 4 is 38.9 Å². The quantitative estimate of drug-likeness (QED) is 0.831. The van der Waals surface area contributed by atoms with Crippen LogP contribution in [0.1, 0.15) is 27.6 Å². The van der Waals surface area contributed by atoms with Crippen LogP contribution in [0.5, 0.6) is 0 Å². The third-order valence-corrected chi connectivity index (χ3v) is 5.58. The monoisotopic (exact) mass is 343 g/mol.